The second kappa shape index (κ2) is 4.72. The first-order chi connectivity index (χ1) is 9.13. The SMILES string of the molecule is Cn1cc(/C=C/c2csc(N)n2)c2ccc(Cl)cc21. The van der Waals surface area contributed by atoms with E-state index in [2.05, 4.69) is 15.7 Å². The van der Waals surface area contributed by atoms with Crippen molar-refractivity contribution in [1.82, 2.24) is 9.55 Å². The molecule has 0 amide bonds. The predicted molar refractivity (Wildman–Crippen MR) is 83.4 cm³/mol. The molecule has 0 spiro atoms. The molecule has 0 saturated carbocycles. The number of rotatable bonds is 2. The van der Waals surface area contributed by atoms with Gasteiger partial charge in [-0.2, -0.15) is 0 Å². The average Bonchev–Trinajstić information content (AvgIpc) is 2.92. The van der Waals surface area contributed by atoms with Crippen LogP contribution in [0, 0.1) is 0 Å². The van der Waals surface area contributed by atoms with E-state index in [1.54, 1.807) is 0 Å². The van der Waals surface area contributed by atoms with Crippen molar-refractivity contribution in [2.45, 2.75) is 0 Å². The van der Waals surface area contributed by atoms with Gasteiger partial charge in [-0.25, -0.2) is 4.98 Å². The smallest absolute Gasteiger partial charge is 0.180 e. The summed E-state index contributed by atoms with van der Waals surface area (Å²) >= 11 is 7.46. The molecule has 2 N–H and O–H groups in total. The molecule has 2 heterocycles. The van der Waals surface area contributed by atoms with Gasteiger partial charge in [-0.05, 0) is 18.2 Å². The van der Waals surface area contributed by atoms with E-state index in [1.165, 1.54) is 16.7 Å². The molecule has 0 fully saturated rings. The number of anilines is 1. The Kier molecular flexibility index (Phi) is 3.05. The summed E-state index contributed by atoms with van der Waals surface area (Å²) in [5.41, 5.74) is 8.75. The molecule has 0 bridgehead atoms. The second-order valence-electron chi connectivity index (χ2n) is 4.30. The molecular weight excluding hydrogens is 278 g/mol. The van der Waals surface area contributed by atoms with Crippen molar-refractivity contribution in [2.75, 3.05) is 5.73 Å². The number of benzene rings is 1. The minimum absolute atomic E-state index is 0.587. The maximum absolute atomic E-state index is 6.02. The van der Waals surface area contributed by atoms with E-state index < -0.39 is 0 Å². The van der Waals surface area contributed by atoms with E-state index in [9.17, 15) is 0 Å². The van der Waals surface area contributed by atoms with Crippen LogP contribution in [0.3, 0.4) is 0 Å². The van der Waals surface area contributed by atoms with Gasteiger partial charge in [-0.3, -0.25) is 0 Å². The average molecular weight is 290 g/mol. The van der Waals surface area contributed by atoms with Gasteiger partial charge in [0.2, 0.25) is 0 Å². The third-order valence-electron chi connectivity index (χ3n) is 2.96. The van der Waals surface area contributed by atoms with Crippen LogP contribution in [0.25, 0.3) is 23.1 Å². The third-order valence-corrected chi connectivity index (χ3v) is 3.88. The van der Waals surface area contributed by atoms with Crippen LogP contribution in [0.15, 0.2) is 29.8 Å². The van der Waals surface area contributed by atoms with Crippen molar-refractivity contribution < 1.29 is 0 Å². The Morgan fingerprint density at radius 2 is 2.21 bits per heavy atom. The predicted octanol–water partition coefficient (Wildman–Crippen LogP) is 4.04. The van der Waals surface area contributed by atoms with Gasteiger partial charge < -0.3 is 10.3 Å². The van der Waals surface area contributed by atoms with Crippen molar-refractivity contribution in [2.24, 2.45) is 7.05 Å². The van der Waals surface area contributed by atoms with Crippen LogP contribution < -0.4 is 5.73 Å². The zero-order valence-corrected chi connectivity index (χ0v) is 11.9. The first-order valence-corrected chi connectivity index (χ1v) is 7.03. The number of hydrogen-bond donors (Lipinski definition) is 1. The number of halogens is 1. The topological polar surface area (TPSA) is 43.8 Å². The fraction of sp³-hybridized carbons (Fsp3) is 0.0714. The highest BCUT2D eigenvalue weighted by molar-refractivity contribution is 7.13. The first kappa shape index (κ1) is 12.3. The number of hydrogen-bond acceptors (Lipinski definition) is 3. The lowest BCUT2D eigenvalue weighted by atomic mass is 10.1. The lowest BCUT2D eigenvalue weighted by Crippen LogP contribution is -1.82. The molecule has 0 aliphatic carbocycles. The summed E-state index contributed by atoms with van der Waals surface area (Å²) in [7, 11) is 2.01. The molecule has 1 aromatic carbocycles. The molecule has 0 saturated heterocycles. The number of nitrogens with zero attached hydrogens (tertiary/aromatic N) is 2. The van der Waals surface area contributed by atoms with Crippen LogP contribution in [-0.4, -0.2) is 9.55 Å². The van der Waals surface area contributed by atoms with Gasteiger partial charge in [0.15, 0.2) is 5.13 Å². The Labute approximate surface area is 119 Å². The molecule has 0 unspecified atom stereocenters. The third kappa shape index (κ3) is 2.37. The second-order valence-corrected chi connectivity index (χ2v) is 5.63. The Bertz CT molecular complexity index is 770. The summed E-state index contributed by atoms with van der Waals surface area (Å²) in [6.45, 7) is 0. The molecule has 0 aliphatic rings. The van der Waals surface area contributed by atoms with Crippen LogP contribution >= 0.6 is 22.9 Å². The number of fused-ring (bicyclic) bond motifs is 1. The van der Waals surface area contributed by atoms with Crippen molar-refractivity contribution in [3.63, 3.8) is 0 Å². The molecule has 19 heavy (non-hydrogen) atoms. The Hall–Kier alpha value is -1.78. The zero-order valence-electron chi connectivity index (χ0n) is 10.3. The number of nitrogens with two attached hydrogens (primary N) is 1. The summed E-state index contributed by atoms with van der Waals surface area (Å²) in [5, 5.41) is 4.44. The van der Waals surface area contributed by atoms with Gasteiger partial charge in [-0.15, -0.1) is 11.3 Å². The highest BCUT2D eigenvalue weighted by atomic mass is 35.5. The molecule has 2 aromatic heterocycles. The van der Waals surface area contributed by atoms with Gasteiger partial charge in [0, 0.05) is 40.1 Å². The molecule has 0 aliphatic heterocycles. The summed E-state index contributed by atoms with van der Waals surface area (Å²) in [6.07, 6.45) is 6.09. The van der Waals surface area contributed by atoms with E-state index in [0.29, 0.717) is 5.13 Å². The summed E-state index contributed by atoms with van der Waals surface area (Å²) in [4.78, 5) is 4.21. The molecule has 0 atom stereocenters. The fourth-order valence-corrected chi connectivity index (χ4v) is 2.77. The number of thiazole rings is 1. The summed E-state index contributed by atoms with van der Waals surface area (Å²) in [6, 6.07) is 5.91. The lowest BCUT2D eigenvalue weighted by molar-refractivity contribution is 0.968. The number of nitrogen functional groups attached to an aromatic ring is 1. The van der Waals surface area contributed by atoms with E-state index in [4.69, 9.17) is 17.3 Å². The van der Waals surface area contributed by atoms with Gasteiger partial charge >= 0.3 is 0 Å². The van der Waals surface area contributed by atoms with Crippen molar-refractivity contribution >= 4 is 51.1 Å². The van der Waals surface area contributed by atoms with E-state index in [-0.39, 0.29) is 0 Å². The monoisotopic (exact) mass is 289 g/mol. The Morgan fingerprint density at radius 3 is 2.95 bits per heavy atom. The zero-order chi connectivity index (χ0) is 13.4. The molecule has 3 rings (SSSR count). The van der Waals surface area contributed by atoms with E-state index in [1.807, 2.05) is 42.8 Å². The van der Waals surface area contributed by atoms with Gasteiger partial charge in [0.1, 0.15) is 0 Å². The standard InChI is InChI=1S/C14H12ClN3S/c1-18-7-9(2-4-11-8-19-14(16)17-11)12-5-3-10(15)6-13(12)18/h2-8H,1H3,(H2,16,17)/b4-2+. The Balaban J connectivity index is 2.04. The van der Waals surface area contributed by atoms with Crippen molar-refractivity contribution in [3.05, 3.63) is 46.1 Å². The van der Waals surface area contributed by atoms with E-state index in [0.717, 1.165) is 21.8 Å². The lowest BCUT2D eigenvalue weighted by Gasteiger charge is -1.95. The van der Waals surface area contributed by atoms with Crippen LogP contribution in [0.2, 0.25) is 5.02 Å². The molecule has 5 heteroatoms. The minimum Gasteiger partial charge on any atom is -0.375 e. The van der Waals surface area contributed by atoms with Crippen molar-refractivity contribution in [3.8, 4) is 0 Å². The Morgan fingerprint density at radius 1 is 1.37 bits per heavy atom. The van der Waals surface area contributed by atoms with Gasteiger partial charge in [0.05, 0.1) is 5.69 Å². The van der Waals surface area contributed by atoms with E-state index >= 15 is 0 Å². The van der Waals surface area contributed by atoms with Crippen LogP contribution in [0.4, 0.5) is 5.13 Å². The number of aryl methyl sites for hydroxylation is 1. The first-order valence-electron chi connectivity index (χ1n) is 5.77. The van der Waals surface area contributed by atoms with Crippen LogP contribution in [-0.2, 0) is 7.05 Å². The summed E-state index contributed by atoms with van der Waals surface area (Å²) in [5.74, 6) is 0. The summed E-state index contributed by atoms with van der Waals surface area (Å²) < 4.78 is 2.07. The molecule has 3 aromatic rings. The quantitative estimate of drug-likeness (QED) is 0.774. The highest BCUT2D eigenvalue weighted by Gasteiger charge is 2.04. The fourth-order valence-electron chi connectivity index (χ4n) is 2.07. The van der Waals surface area contributed by atoms with Crippen LogP contribution in [0.1, 0.15) is 11.3 Å². The molecule has 96 valence electrons. The minimum atomic E-state index is 0.587. The van der Waals surface area contributed by atoms with Gasteiger partial charge in [-0.1, -0.05) is 23.7 Å². The van der Waals surface area contributed by atoms with Crippen LogP contribution in [0.5, 0.6) is 0 Å². The molecule has 0 radical (unpaired) electrons. The van der Waals surface area contributed by atoms with Gasteiger partial charge in [0.25, 0.3) is 0 Å². The normalized spacial score (nSPS) is 11.7. The molecule has 3 nitrogen and oxygen atoms in total. The number of aromatic nitrogens is 2. The van der Waals surface area contributed by atoms with Crippen molar-refractivity contribution in [1.29, 1.82) is 0 Å². The highest BCUT2D eigenvalue weighted by Crippen LogP contribution is 2.25. The maximum Gasteiger partial charge on any atom is 0.180 e. The molecular formula is C14H12ClN3S. The largest absolute Gasteiger partial charge is 0.375 e. The maximum atomic E-state index is 6.02.